The van der Waals surface area contributed by atoms with E-state index in [0.29, 0.717) is 13.0 Å². The van der Waals surface area contributed by atoms with Gasteiger partial charge in [-0.05, 0) is 51.5 Å². The highest BCUT2D eigenvalue weighted by molar-refractivity contribution is 5.97. The van der Waals surface area contributed by atoms with Gasteiger partial charge in [-0.3, -0.25) is 9.59 Å². The first-order valence-corrected chi connectivity index (χ1v) is 8.27. The second kappa shape index (κ2) is 7.49. The van der Waals surface area contributed by atoms with Gasteiger partial charge in [0.2, 0.25) is 11.8 Å². The molecule has 2 amide bonds. The second-order valence-electron chi connectivity index (χ2n) is 6.38. The molecule has 23 heavy (non-hydrogen) atoms. The van der Waals surface area contributed by atoms with E-state index in [1.807, 2.05) is 56.9 Å². The van der Waals surface area contributed by atoms with Gasteiger partial charge in [0.05, 0.1) is 12.0 Å². The monoisotopic (exact) mass is 318 g/mol. The van der Waals surface area contributed by atoms with Crippen molar-refractivity contribution in [1.82, 2.24) is 4.90 Å². The number of nitrogens with one attached hydrogen (secondary N) is 1. The van der Waals surface area contributed by atoms with Crippen LogP contribution in [0, 0.1) is 5.92 Å². The Kier molecular flexibility index (Phi) is 5.64. The molecule has 126 valence electrons. The fourth-order valence-electron chi connectivity index (χ4n) is 2.69. The molecule has 1 aliphatic heterocycles. The molecule has 0 radical (unpaired) electrons. The Morgan fingerprint density at radius 1 is 1.30 bits per heavy atom. The van der Waals surface area contributed by atoms with Gasteiger partial charge < -0.3 is 15.0 Å². The standard InChI is InChI=1S/C18H26N2O3/c1-5-13(4)20-11-14(10-17(20)21)18(22)19-15-6-8-16(9-7-15)23-12(2)3/h6-9,12-14H,5,10-11H2,1-4H3,(H,19,22). The van der Waals surface area contributed by atoms with E-state index in [1.54, 1.807) is 0 Å². The first kappa shape index (κ1) is 17.3. The summed E-state index contributed by atoms with van der Waals surface area (Å²) in [7, 11) is 0. The molecule has 1 N–H and O–H groups in total. The van der Waals surface area contributed by atoms with E-state index in [-0.39, 0.29) is 29.9 Å². The maximum atomic E-state index is 12.4. The van der Waals surface area contributed by atoms with Gasteiger partial charge in [0.1, 0.15) is 5.75 Å². The number of hydrogen-bond donors (Lipinski definition) is 1. The second-order valence-corrected chi connectivity index (χ2v) is 6.38. The molecule has 1 heterocycles. The smallest absolute Gasteiger partial charge is 0.229 e. The molecule has 0 saturated carbocycles. The Balaban J connectivity index is 1.93. The van der Waals surface area contributed by atoms with Crippen LogP contribution in [-0.4, -0.2) is 35.4 Å². The van der Waals surface area contributed by atoms with Crippen LogP contribution in [0.15, 0.2) is 24.3 Å². The van der Waals surface area contributed by atoms with Crippen molar-refractivity contribution in [3.8, 4) is 5.75 Å². The van der Waals surface area contributed by atoms with Crippen molar-refractivity contribution in [2.75, 3.05) is 11.9 Å². The van der Waals surface area contributed by atoms with E-state index in [2.05, 4.69) is 5.32 Å². The van der Waals surface area contributed by atoms with Gasteiger partial charge in [0, 0.05) is 24.7 Å². The average molecular weight is 318 g/mol. The Morgan fingerprint density at radius 2 is 1.96 bits per heavy atom. The summed E-state index contributed by atoms with van der Waals surface area (Å²) in [5.74, 6) is 0.474. The molecule has 1 aliphatic rings. The maximum Gasteiger partial charge on any atom is 0.229 e. The van der Waals surface area contributed by atoms with Crippen LogP contribution >= 0.6 is 0 Å². The third-order valence-corrected chi connectivity index (χ3v) is 4.15. The van der Waals surface area contributed by atoms with Crippen molar-refractivity contribution in [3.63, 3.8) is 0 Å². The number of carbonyl (C=O) groups excluding carboxylic acids is 2. The topological polar surface area (TPSA) is 58.6 Å². The van der Waals surface area contributed by atoms with E-state index in [9.17, 15) is 9.59 Å². The molecule has 1 saturated heterocycles. The summed E-state index contributed by atoms with van der Waals surface area (Å²) in [6.45, 7) is 8.51. The molecule has 2 atom stereocenters. The van der Waals surface area contributed by atoms with Gasteiger partial charge in [0.25, 0.3) is 0 Å². The van der Waals surface area contributed by atoms with Crippen LogP contribution in [0.4, 0.5) is 5.69 Å². The number of hydrogen-bond acceptors (Lipinski definition) is 3. The molecule has 0 spiro atoms. The van der Waals surface area contributed by atoms with E-state index in [1.165, 1.54) is 0 Å². The van der Waals surface area contributed by atoms with E-state index in [4.69, 9.17) is 4.74 Å². The number of ether oxygens (including phenoxy) is 1. The number of benzene rings is 1. The van der Waals surface area contributed by atoms with Crippen molar-refractivity contribution in [1.29, 1.82) is 0 Å². The highest BCUT2D eigenvalue weighted by Crippen LogP contribution is 2.23. The van der Waals surface area contributed by atoms with Crippen molar-refractivity contribution >= 4 is 17.5 Å². The molecular formula is C18H26N2O3. The fourth-order valence-corrected chi connectivity index (χ4v) is 2.69. The van der Waals surface area contributed by atoms with E-state index < -0.39 is 0 Å². The molecule has 1 fully saturated rings. The van der Waals surface area contributed by atoms with Gasteiger partial charge in [-0.2, -0.15) is 0 Å². The molecular weight excluding hydrogens is 292 g/mol. The molecule has 5 heteroatoms. The third-order valence-electron chi connectivity index (χ3n) is 4.15. The third kappa shape index (κ3) is 4.47. The Labute approximate surface area is 138 Å². The van der Waals surface area contributed by atoms with Crippen LogP contribution < -0.4 is 10.1 Å². The Bertz CT molecular complexity index is 554. The zero-order chi connectivity index (χ0) is 17.0. The van der Waals surface area contributed by atoms with Gasteiger partial charge >= 0.3 is 0 Å². The fraction of sp³-hybridized carbons (Fsp3) is 0.556. The number of likely N-dealkylation sites (tertiary alicyclic amines) is 1. The number of nitrogens with zero attached hydrogens (tertiary/aromatic N) is 1. The number of amides is 2. The maximum absolute atomic E-state index is 12.4. The zero-order valence-corrected chi connectivity index (χ0v) is 14.3. The predicted octanol–water partition coefficient (Wildman–Crippen LogP) is 3.06. The van der Waals surface area contributed by atoms with E-state index >= 15 is 0 Å². The van der Waals surface area contributed by atoms with Crippen LogP contribution in [0.1, 0.15) is 40.5 Å². The lowest BCUT2D eigenvalue weighted by molar-refractivity contribution is -0.129. The molecule has 1 aromatic carbocycles. The first-order chi connectivity index (χ1) is 10.9. The summed E-state index contributed by atoms with van der Waals surface area (Å²) in [6, 6.07) is 7.49. The summed E-state index contributed by atoms with van der Waals surface area (Å²) in [5.41, 5.74) is 0.723. The van der Waals surface area contributed by atoms with Crippen LogP contribution in [0.25, 0.3) is 0 Å². The van der Waals surface area contributed by atoms with Crippen molar-refractivity contribution < 1.29 is 14.3 Å². The molecule has 2 unspecified atom stereocenters. The van der Waals surface area contributed by atoms with Gasteiger partial charge in [0.15, 0.2) is 0 Å². The largest absolute Gasteiger partial charge is 0.491 e. The summed E-state index contributed by atoms with van der Waals surface area (Å²) >= 11 is 0. The van der Waals surface area contributed by atoms with E-state index in [0.717, 1.165) is 17.9 Å². The Morgan fingerprint density at radius 3 is 2.52 bits per heavy atom. The lowest BCUT2D eigenvalue weighted by atomic mass is 10.1. The molecule has 2 rings (SSSR count). The number of anilines is 1. The van der Waals surface area contributed by atoms with Gasteiger partial charge in [-0.15, -0.1) is 0 Å². The number of carbonyl (C=O) groups is 2. The summed E-state index contributed by atoms with van der Waals surface area (Å²) in [5, 5.41) is 2.89. The van der Waals surface area contributed by atoms with Gasteiger partial charge in [-0.1, -0.05) is 6.92 Å². The van der Waals surface area contributed by atoms with Crippen LogP contribution in [0.3, 0.4) is 0 Å². The van der Waals surface area contributed by atoms with Crippen LogP contribution in [0.5, 0.6) is 5.75 Å². The zero-order valence-electron chi connectivity index (χ0n) is 14.3. The molecule has 0 aliphatic carbocycles. The number of rotatable bonds is 6. The van der Waals surface area contributed by atoms with Crippen molar-refractivity contribution in [2.45, 2.75) is 52.7 Å². The molecule has 0 aromatic heterocycles. The molecule has 0 bridgehead atoms. The van der Waals surface area contributed by atoms with Crippen LogP contribution in [0.2, 0.25) is 0 Å². The minimum Gasteiger partial charge on any atom is -0.491 e. The minimum atomic E-state index is -0.275. The average Bonchev–Trinajstić information content (AvgIpc) is 2.90. The van der Waals surface area contributed by atoms with Crippen molar-refractivity contribution in [3.05, 3.63) is 24.3 Å². The highest BCUT2D eigenvalue weighted by Gasteiger charge is 2.36. The highest BCUT2D eigenvalue weighted by atomic mass is 16.5. The summed E-state index contributed by atoms with van der Waals surface area (Å²) in [4.78, 5) is 26.2. The van der Waals surface area contributed by atoms with Crippen LogP contribution in [-0.2, 0) is 9.59 Å². The molecule has 1 aromatic rings. The normalized spacial score (nSPS) is 19.1. The first-order valence-electron chi connectivity index (χ1n) is 8.27. The van der Waals surface area contributed by atoms with Gasteiger partial charge in [-0.25, -0.2) is 0 Å². The lowest BCUT2D eigenvalue weighted by Crippen LogP contribution is -2.35. The summed E-state index contributed by atoms with van der Waals surface area (Å²) < 4.78 is 5.58. The predicted molar refractivity (Wildman–Crippen MR) is 90.4 cm³/mol. The molecule has 5 nitrogen and oxygen atoms in total. The summed E-state index contributed by atoms with van der Waals surface area (Å²) in [6.07, 6.45) is 1.31. The Hall–Kier alpha value is -2.04. The quantitative estimate of drug-likeness (QED) is 0.877. The SMILES string of the molecule is CCC(C)N1CC(C(=O)Nc2ccc(OC(C)C)cc2)CC1=O. The lowest BCUT2D eigenvalue weighted by Gasteiger charge is -2.23. The minimum absolute atomic E-state index is 0.0696. The van der Waals surface area contributed by atoms with Crippen molar-refractivity contribution in [2.24, 2.45) is 5.92 Å².